The Morgan fingerprint density at radius 1 is 1.12 bits per heavy atom. The highest BCUT2D eigenvalue weighted by atomic mass is 16.5. The summed E-state index contributed by atoms with van der Waals surface area (Å²) in [5, 5.41) is 10.3. The lowest BCUT2D eigenvalue weighted by atomic mass is 9.94. The first-order valence-corrected chi connectivity index (χ1v) is 10.3. The number of carbonyl (C=O) groups excluding carboxylic acids is 2. The van der Waals surface area contributed by atoms with Crippen molar-refractivity contribution in [2.45, 2.75) is 19.9 Å². The van der Waals surface area contributed by atoms with Gasteiger partial charge in [-0.3, -0.25) is 0 Å². The van der Waals surface area contributed by atoms with Gasteiger partial charge in [0.05, 0.1) is 36.7 Å². The van der Waals surface area contributed by atoms with E-state index in [4.69, 9.17) is 14.6 Å². The Labute approximate surface area is 185 Å². The van der Waals surface area contributed by atoms with Crippen molar-refractivity contribution < 1.29 is 19.1 Å². The number of benzene rings is 2. The van der Waals surface area contributed by atoms with Crippen LogP contribution in [0.1, 0.15) is 25.5 Å². The van der Waals surface area contributed by atoms with Crippen molar-refractivity contribution in [3.05, 3.63) is 77.6 Å². The van der Waals surface area contributed by atoms with E-state index < -0.39 is 18.0 Å². The van der Waals surface area contributed by atoms with Gasteiger partial charge in [-0.25, -0.2) is 14.3 Å². The number of amides is 2. The third kappa shape index (κ3) is 4.07. The number of carbonyl (C=O) groups is 2. The molecular weight excluding hydrogens is 408 g/mol. The lowest BCUT2D eigenvalue weighted by Gasteiger charge is -2.27. The van der Waals surface area contributed by atoms with Crippen LogP contribution in [0.4, 0.5) is 4.79 Å². The zero-order chi connectivity index (χ0) is 22.7. The van der Waals surface area contributed by atoms with Gasteiger partial charge < -0.3 is 20.1 Å². The van der Waals surface area contributed by atoms with Crippen LogP contribution in [0.5, 0.6) is 5.75 Å². The number of urea groups is 1. The fourth-order valence-corrected chi connectivity index (χ4v) is 3.69. The van der Waals surface area contributed by atoms with Gasteiger partial charge in [-0.1, -0.05) is 18.2 Å². The molecule has 2 N–H and O–H groups in total. The van der Waals surface area contributed by atoms with Gasteiger partial charge in [0.2, 0.25) is 0 Å². The quantitative estimate of drug-likeness (QED) is 0.579. The Morgan fingerprint density at radius 2 is 1.84 bits per heavy atom. The Bertz CT molecular complexity index is 1170. The van der Waals surface area contributed by atoms with E-state index in [-0.39, 0.29) is 6.61 Å². The zero-order valence-corrected chi connectivity index (χ0v) is 18.1. The van der Waals surface area contributed by atoms with Crippen LogP contribution in [-0.2, 0) is 9.53 Å². The monoisotopic (exact) mass is 432 g/mol. The van der Waals surface area contributed by atoms with Crippen LogP contribution in [0, 0.1) is 0 Å². The summed E-state index contributed by atoms with van der Waals surface area (Å²) in [6.07, 6.45) is 1.83. The van der Waals surface area contributed by atoms with Crippen LogP contribution in [0.15, 0.2) is 72.1 Å². The molecule has 0 radical (unpaired) electrons. The summed E-state index contributed by atoms with van der Waals surface area (Å²) < 4.78 is 12.3. The topological polar surface area (TPSA) is 94.5 Å². The number of ether oxygens (including phenoxy) is 2. The summed E-state index contributed by atoms with van der Waals surface area (Å²) >= 11 is 0. The van der Waals surface area contributed by atoms with Gasteiger partial charge in [0.15, 0.2) is 0 Å². The highest BCUT2D eigenvalue weighted by Gasteiger charge is 2.35. The number of esters is 1. The molecule has 1 aliphatic rings. The molecule has 0 aliphatic carbocycles. The molecule has 0 saturated carbocycles. The molecule has 2 amide bonds. The Balaban J connectivity index is 1.89. The molecule has 4 rings (SSSR count). The van der Waals surface area contributed by atoms with Crippen LogP contribution in [0.2, 0.25) is 0 Å². The third-order valence-electron chi connectivity index (χ3n) is 5.20. The fraction of sp³-hybridized carbons (Fsp3) is 0.208. The summed E-state index contributed by atoms with van der Waals surface area (Å²) in [7, 11) is 1.61. The average Bonchev–Trinajstić information content (AvgIpc) is 3.25. The van der Waals surface area contributed by atoms with Gasteiger partial charge in [-0.2, -0.15) is 5.10 Å². The first-order valence-electron chi connectivity index (χ1n) is 10.3. The first-order chi connectivity index (χ1) is 15.5. The smallest absolute Gasteiger partial charge is 0.338 e. The second-order valence-electron chi connectivity index (χ2n) is 7.23. The van der Waals surface area contributed by atoms with E-state index >= 15 is 0 Å². The van der Waals surface area contributed by atoms with Gasteiger partial charge in [0.1, 0.15) is 5.75 Å². The average molecular weight is 432 g/mol. The number of hydrogen-bond acceptors (Lipinski definition) is 5. The highest BCUT2D eigenvalue weighted by molar-refractivity contribution is 5.95. The third-order valence-corrected chi connectivity index (χ3v) is 5.20. The normalized spacial score (nSPS) is 15.7. The maximum Gasteiger partial charge on any atom is 0.338 e. The molecule has 1 aliphatic heterocycles. The number of methoxy groups -OCH3 is 1. The summed E-state index contributed by atoms with van der Waals surface area (Å²) in [4.78, 5) is 25.1. The number of nitrogens with zero attached hydrogens (tertiary/aromatic N) is 2. The fourth-order valence-electron chi connectivity index (χ4n) is 3.69. The second kappa shape index (κ2) is 8.97. The van der Waals surface area contributed by atoms with Gasteiger partial charge >= 0.3 is 12.0 Å². The predicted octanol–water partition coefficient (Wildman–Crippen LogP) is 3.74. The molecular formula is C24H24N4O4. The van der Waals surface area contributed by atoms with Crippen LogP contribution in [0.25, 0.3) is 16.9 Å². The number of aromatic nitrogens is 2. The van der Waals surface area contributed by atoms with Crippen molar-refractivity contribution in [3.8, 4) is 22.7 Å². The summed E-state index contributed by atoms with van der Waals surface area (Å²) in [6, 6.07) is 16.0. The molecule has 0 saturated heterocycles. The van der Waals surface area contributed by atoms with E-state index in [1.54, 1.807) is 25.6 Å². The molecule has 8 heteroatoms. The molecule has 164 valence electrons. The number of para-hydroxylation sites is 1. The standard InChI is InChI=1S/C24H24N4O4/c1-4-32-23(29)20-15(2)25-24(30)26-22(20)19-14-28(17-8-6-5-7-9-17)27-21(19)16-10-12-18(31-3)13-11-16/h5-14,22H,4H2,1-3H3,(H2,25,26,30)/t22-/m0/s1. The number of allylic oxidation sites excluding steroid dienone is 1. The second-order valence-corrected chi connectivity index (χ2v) is 7.23. The van der Waals surface area contributed by atoms with E-state index in [1.165, 1.54) is 0 Å². The molecule has 8 nitrogen and oxygen atoms in total. The Morgan fingerprint density at radius 3 is 2.50 bits per heavy atom. The van der Waals surface area contributed by atoms with Gasteiger partial charge in [0, 0.05) is 23.0 Å². The molecule has 32 heavy (non-hydrogen) atoms. The van der Waals surface area contributed by atoms with Crippen molar-refractivity contribution in [3.63, 3.8) is 0 Å². The molecule has 1 atom stereocenters. The lowest BCUT2D eigenvalue weighted by Crippen LogP contribution is -2.45. The van der Waals surface area contributed by atoms with Crippen molar-refractivity contribution >= 4 is 12.0 Å². The number of rotatable bonds is 6. The predicted molar refractivity (Wildman–Crippen MR) is 119 cm³/mol. The van der Waals surface area contributed by atoms with Crippen molar-refractivity contribution in [1.82, 2.24) is 20.4 Å². The van der Waals surface area contributed by atoms with Gasteiger partial charge in [0.25, 0.3) is 0 Å². The highest BCUT2D eigenvalue weighted by Crippen LogP contribution is 2.35. The summed E-state index contributed by atoms with van der Waals surface area (Å²) in [5.41, 5.74) is 3.78. The van der Waals surface area contributed by atoms with Gasteiger partial charge in [-0.05, 0) is 50.2 Å². The molecule has 2 heterocycles. The van der Waals surface area contributed by atoms with Crippen molar-refractivity contribution in [1.29, 1.82) is 0 Å². The minimum absolute atomic E-state index is 0.227. The summed E-state index contributed by atoms with van der Waals surface area (Å²) in [6.45, 7) is 3.66. The first kappa shape index (κ1) is 21.2. The van der Waals surface area contributed by atoms with E-state index in [9.17, 15) is 9.59 Å². The molecule has 2 aromatic carbocycles. The molecule has 0 fully saturated rings. The minimum Gasteiger partial charge on any atom is -0.497 e. The van der Waals surface area contributed by atoms with E-state index in [0.717, 1.165) is 17.0 Å². The Hall–Kier alpha value is -4.07. The largest absolute Gasteiger partial charge is 0.497 e. The zero-order valence-electron chi connectivity index (χ0n) is 18.1. The Kier molecular flexibility index (Phi) is 5.93. The molecule has 0 spiro atoms. The van der Waals surface area contributed by atoms with Crippen LogP contribution in [-0.4, -0.2) is 35.5 Å². The van der Waals surface area contributed by atoms with Gasteiger partial charge in [-0.15, -0.1) is 0 Å². The van der Waals surface area contributed by atoms with E-state index in [2.05, 4.69) is 10.6 Å². The van der Waals surface area contributed by atoms with E-state index in [0.29, 0.717) is 22.5 Å². The van der Waals surface area contributed by atoms with Crippen LogP contribution < -0.4 is 15.4 Å². The molecule has 1 aromatic heterocycles. The molecule has 0 unspecified atom stereocenters. The number of nitrogens with one attached hydrogen (secondary N) is 2. The summed E-state index contributed by atoms with van der Waals surface area (Å²) in [5.74, 6) is 0.228. The SMILES string of the molecule is CCOC(=O)C1=C(C)NC(=O)N[C@H]1c1cn(-c2ccccc2)nc1-c1ccc(OC)cc1. The number of hydrogen-bond donors (Lipinski definition) is 2. The van der Waals surface area contributed by atoms with Crippen molar-refractivity contribution in [2.75, 3.05) is 13.7 Å². The van der Waals surface area contributed by atoms with Crippen LogP contribution >= 0.6 is 0 Å². The van der Waals surface area contributed by atoms with E-state index in [1.807, 2.05) is 60.8 Å². The minimum atomic E-state index is -0.725. The molecule has 3 aromatic rings. The lowest BCUT2D eigenvalue weighted by molar-refractivity contribution is -0.139. The maximum atomic E-state index is 12.8. The van der Waals surface area contributed by atoms with Crippen molar-refractivity contribution in [2.24, 2.45) is 0 Å². The molecule has 0 bridgehead atoms. The maximum absolute atomic E-state index is 12.8. The van der Waals surface area contributed by atoms with Crippen LogP contribution in [0.3, 0.4) is 0 Å².